The van der Waals surface area contributed by atoms with E-state index in [9.17, 15) is 0 Å². The predicted octanol–water partition coefficient (Wildman–Crippen LogP) is 9.58. The van der Waals surface area contributed by atoms with Crippen LogP contribution >= 0.6 is 0 Å². The second-order valence-corrected chi connectivity index (χ2v) is 9.42. The van der Waals surface area contributed by atoms with Crippen LogP contribution in [0.25, 0.3) is 0 Å². The summed E-state index contributed by atoms with van der Waals surface area (Å²) < 4.78 is 0. The third kappa shape index (κ3) is 20.1. The van der Waals surface area contributed by atoms with Crippen LogP contribution in [0.3, 0.4) is 0 Å². The zero-order valence-electron chi connectivity index (χ0n) is 21.7. The SMILES string of the molecule is CC(C)=CCC/C(C)=C/CC/C(C)=C/CC/C=C(\C)CC/C=C(\C)CCC=C(C)CO. The third-order valence-electron chi connectivity index (χ3n) is 5.59. The molecular weight excluding hydrogens is 376 g/mol. The van der Waals surface area contributed by atoms with Crippen molar-refractivity contribution < 1.29 is 5.11 Å². The van der Waals surface area contributed by atoms with E-state index in [2.05, 4.69) is 78.0 Å². The fourth-order valence-corrected chi connectivity index (χ4v) is 3.36. The highest BCUT2D eigenvalue weighted by molar-refractivity contribution is 5.08. The van der Waals surface area contributed by atoms with Gasteiger partial charge in [0.2, 0.25) is 0 Å². The second-order valence-electron chi connectivity index (χ2n) is 9.42. The number of hydrogen-bond acceptors (Lipinski definition) is 1. The van der Waals surface area contributed by atoms with Crippen molar-refractivity contribution in [1.82, 2.24) is 0 Å². The van der Waals surface area contributed by atoms with Crippen LogP contribution < -0.4 is 0 Å². The van der Waals surface area contributed by atoms with E-state index in [1.165, 1.54) is 53.5 Å². The molecule has 0 aromatic rings. The fraction of sp³-hybridized carbons (Fsp3) is 0.600. The zero-order valence-corrected chi connectivity index (χ0v) is 21.7. The molecule has 0 spiro atoms. The second kappa shape index (κ2) is 19.1. The van der Waals surface area contributed by atoms with E-state index < -0.39 is 0 Å². The molecule has 1 heteroatoms. The standard InChI is InChI=1S/C30H50O/c1-25(2)14-10-17-28(5)20-11-18-26(3)15-8-9-16-27(4)19-12-21-29(6)22-13-23-30(7)24-31/h14-16,20-21,23,31H,8-13,17-19,22,24H2,1-7H3/b26-15+,27-16+,28-20+,29-21+,30-23?. The van der Waals surface area contributed by atoms with E-state index in [0.29, 0.717) is 0 Å². The summed E-state index contributed by atoms with van der Waals surface area (Å²) in [4.78, 5) is 0. The van der Waals surface area contributed by atoms with Crippen molar-refractivity contribution in [3.63, 3.8) is 0 Å². The van der Waals surface area contributed by atoms with E-state index in [-0.39, 0.29) is 6.61 Å². The summed E-state index contributed by atoms with van der Waals surface area (Å²) >= 11 is 0. The van der Waals surface area contributed by atoms with Crippen molar-refractivity contribution in [2.24, 2.45) is 0 Å². The van der Waals surface area contributed by atoms with Gasteiger partial charge in [-0.05, 0) is 113 Å². The van der Waals surface area contributed by atoms with Crippen LogP contribution in [-0.4, -0.2) is 11.7 Å². The molecule has 0 aliphatic carbocycles. The summed E-state index contributed by atoms with van der Waals surface area (Å²) in [6.45, 7) is 15.5. The summed E-state index contributed by atoms with van der Waals surface area (Å²) in [5.41, 5.74) is 8.47. The quantitative estimate of drug-likeness (QED) is 0.192. The van der Waals surface area contributed by atoms with Gasteiger partial charge in [0.15, 0.2) is 0 Å². The van der Waals surface area contributed by atoms with Crippen LogP contribution in [0.15, 0.2) is 69.9 Å². The van der Waals surface area contributed by atoms with E-state index in [0.717, 1.165) is 44.1 Å². The van der Waals surface area contributed by atoms with Gasteiger partial charge in [-0.15, -0.1) is 0 Å². The molecule has 0 unspecified atom stereocenters. The molecule has 0 atom stereocenters. The average molecular weight is 427 g/mol. The van der Waals surface area contributed by atoms with Gasteiger partial charge in [-0.1, -0.05) is 69.9 Å². The summed E-state index contributed by atoms with van der Waals surface area (Å²) in [7, 11) is 0. The minimum atomic E-state index is 0.176. The Morgan fingerprint density at radius 2 is 0.710 bits per heavy atom. The topological polar surface area (TPSA) is 20.2 Å². The molecule has 0 bridgehead atoms. The zero-order chi connectivity index (χ0) is 23.5. The molecular formula is C30H50O. The van der Waals surface area contributed by atoms with Gasteiger partial charge in [0.05, 0.1) is 6.61 Å². The Hall–Kier alpha value is -1.60. The van der Waals surface area contributed by atoms with Crippen molar-refractivity contribution in [3.05, 3.63) is 69.9 Å². The molecule has 0 fully saturated rings. The van der Waals surface area contributed by atoms with Gasteiger partial charge in [0, 0.05) is 0 Å². The first-order valence-corrected chi connectivity index (χ1v) is 12.3. The molecule has 0 aromatic carbocycles. The molecule has 0 saturated heterocycles. The number of unbranched alkanes of at least 4 members (excludes halogenated alkanes) is 1. The maximum atomic E-state index is 9.02. The van der Waals surface area contributed by atoms with Gasteiger partial charge in [0.25, 0.3) is 0 Å². The monoisotopic (exact) mass is 426 g/mol. The lowest BCUT2D eigenvalue weighted by atomic mass is 10.0. The lowest BCUT2D eigenvalue weighted by Gasteiger charge is -2.03. The highest BCUT2D eigenvalue weighted by Gasteiger charge is 1.94. The van der Waals surface area contributed by atoms with Crippen LogP contribution in [0, 0.1) is 0 Å². The fourth-order valence-electron chi connectivity index (χ4n) is 3.36. The van der Waals surface area contributed by atoms with Crippen LogP contribution in [-0.2, 0) is 0 Å². The highest BCUT2D eigenvalue weighted by Crippen LogP contribution is 2.14. The van der Waals surface area contributed by atoms with Crippen molar-refractivity contribution in [1.29, 1.82) is 0 Å². The van der Waals surface area contributed by atoms with Crippen LogP contribution in [0.4, 0.5) is 0 Å². The Kier molecular flexibility index (Phi) is 18.1. The first kappa shape index (κ1) is 29.4. The lowest BCUT2D eigenvalue weighted by Crippen LogP contribution is -1.85. The molecule has 0 radical (unpaired) electrons. The number of hydrogen-bond donors (Lipinski definition) is 1. The lowest BCUT2D eigenvalue weighted by molar-refractivity contribution is 0.331. The first-order valence-electron chi connectivity index (χ1n) is 12.3. The number of aliphatic hydroxyl groups is 1. The molecule has 1 nitrogen and oxygen atoms in total. The van der Waals surface area contributed by atoms with E-state index in [1.807, 2.05) is 6.92 Å². The van der Waals surface area contributed by atoms with Gasteiger partial charge in [-0.3, -0.25) is 0 Å². The number of aliphatic hydroxyl groups excluding tert-OH is 1. The van der Waals surface area contributed by atoms with Crippen molar-refractivity contribution in [2.45, 2.75) is 113 Å². The molecule has 0 aromatic heterocycles. The minimum Gasteiger partial charge on any atom is -0.392 e. The van der Waals surface area contributed by atoms with Gasteiger partial charge in [-0.25, -0.2) is 0 Å². The summed E-state index contributed by atoms with van der Waals surface area (Å²) in [5.74, 6) is 0. The number of allylic oxidation sites excluding steroid dienone is 11. The molecule has 0 aliphatic heterocycles. The Morgan fingerprint density at radius 3 is 1.03 bits per heavy atom. The highest BCUT2D eigenvalue weighted by atomic mass is 16.3. The maximum Gasteiger partial charge on any atom is 0.0639 e. The van der Waals surface area contributed by atoms with Gasteiger partial charge < -0.3 is 5.11 Å². The van der Waals surface area contributed by atoms with Gasteiger partial charge >= 0.3 is 0 Å². The Balaban J connectivity index is 4.07. The minimum absolute atomic E-state index is 0.176. The molecule has 0 saturated carbocycles. The van der Waals surface area contributed by atoms with E-state index in [4.69, 9.17) is 5.11 Å². The molecule has 176 valence electrons. The summed E-state index contributed by atoms with van der Waals surface area (Å²) in [6, 6.07) is 0. The van der Waals surface area contributed by atoms with Crippen molar-refractivity contribution in [2.75, 3.05) is 6.61 Å². The van der Waals surface area contributed by atoms with E-state index in [1.54, 1.807) is 0 Å². The molecule has 31 heavy (non-hydrogen) atoms. The van der Waals surface area contributed by atoms with Crippen molar-refractivity contribution >= 4 is 0 Å². The molecule has 0 heterocycles. The first-order chi connectivity index (χ1) is 14.7. The normalized spacial score (nSPS) is 14.3. The Morgan fingerprint density at radius 1 is 0.419 bits per heavy atom. The van der Waals surface area contributed by atoms with Crippen molar-refractivity contribution in [3.8, 4) is 0 Å². The van der Waals surface area contributed by atoms with Crippen LogP contribution in [0.1, 0.15) is 113 Å². The van der Waals surface area contributed by atoms with Crippen LogP contribution in [0.5, 0.6) is 0 Å². The molecule has 0 aliphatic rings. The Labute approximate surface area is 194 Å². The van der Waals surface area contributed by atoms with Gasteiger partial charge in [0.1, 0.15) is 0 Å². The smallest absolute Gasteiger partial charge is 0.0639 e. The average Bonchev–Trinajstić information content (AvgIpc) is 2.70. The largest absolute Gasteiger partial charge is 0.392 e. The van der Waals surface area contributed by atoms with Crippen LogP contribution in [0.2, 0.25) is 0 Å². The molecule has 0 rings (SSSR count). The van der Waals surface area contributed by atoms with E-state index >= 15 is 0 Å². The molecule has 0 amide bonds. The van der Waals surface area contributed by atoms with Gasteiger partial charge in [-0.2, -0.15) is 0 Å². The third-order valence-corrected chi connectivity index (χ3v) is 5.59. The summed E-state index contributed by atoms with van der Waals surface area (Å²) in [6.07, 6.45) is 25.5. The predicted molar refractivity (Wildman–Crippen MR) is 141 cm³/mol. The summed E-state index contributed by atoms with van der Waals surface area (Å²) in [5, 5.41) is 9.02. The molecule has 1 N–H and O–H groups in total. The number of rotatable bonds is 16. The Bertz CT molecular complexity index is 661. The maximum absolute atomic E-state index is 9.02.